The van der Waals surface area contributed by atoms with Crippen molar-refractivity contribution in [2.24, 2.45) is 5.92 Å². The molecule has 0 aromatic heterocycles. The zero-order valence-electron chi connectivity index (χ0n) is 11.2. The van der Waals surface area contributed by atoms with Crippen molar-refractivity contribution in [2.45, 2.75) is 16.7 Å². The summed E-state index contributed by atoms with van der Waals surface area (Å²) in [6.45, 7) is 0. The van der Waals surface area contributed by atoms with Crippen molar-refractivity contribution in [1.29, 1.82) is 0 Å². The summed E-state index contributed by atoms with van der Waals surface area (Å²) in [7, 11) is 1.67. The molecule has 0 spiro atoms. The van der Waals surface area contributed by atoms with E-state index >= 15 is 0 Å². The van der Waals surface area contributed by atoms with Gasteiger partial charge >= 0.3 is 0 Å². The van der Waals surface area contributed by atoms with Crippen LogP contribution >= 0.6 is 23.2 Å². The van der Waals surface area contributed by atoms with Gasteiger partial charge in [-0.05, 0) is 29.7 Å². The summed E-state index contributed by atoms with van der Waals surface area (Å²) in [4.78, 5) is 0. The van der Waals surface area contributed by atoms with Gasteiger partial charge in [0.15, 0.2) is 0 Å². The Hall–Kier alpha value is -1.18. The van der Waals surface area contributed by atoms with E-state index in [9.17, 15) is 0 Å². The molecule has 104 valence electrons. The molecule has 0 aliphatic heterocycles. The van der Waals surface area contributed by atoms with Crippen LogP contribution < -0.4 is 4.74 Å². The molecular formula is C17H16Cl2O. The summed E-state index contributed by atoms with van der Waals surface area (Å²) in [5, 5.41) is 0. The number of ether oxygens (including phenoxy) is 1. The maximum Gasteiger partial charge on any atom is 0.129 e. The second kappa shape index (κ2) is 5.31. The van der Waals surface area contributed by atoms with E-state index < -0.39 is 4.33 Å². The smallest absolute Gasteiger partial charge is 0.129 e. The van der Waals surface area contributed by atoms with Gasteiger partial charge in [-0.1, -0.05) is 42.5 Å². The number of alkyl halides is 2. The van der Waals surface area contributed by atoms with Crippen molar-refractivity contribution in [3.05, 3.63) is 65.7 Å². The Morgan fingerprint density at radius 2 is 1.65 bits per heavy atom. The highest BCUT2D eigenvalue weighted by Gasteiger charge is 2.63. The first-order valence-electron chi connectivity index (χ1n) is 6.68. The molecular weight excluding hydrogens is 291 g/mol. The lowest BCUT2D eigenvalue weighted by Gasteiger charge is -2.03. The molecule has 1 nitrogen and oxygen atoms in total. The van der Waals surface area contributed by atoms with Gasteiger partial charge < -0.3 is 4.74 Å². The topological polar surface area (TPSA) is 9.23 Å². The predicted octanol–water partition coefficient (Wildman–Crippen LogP) is 4.83. The van der Waals surface area contributed by atoms with Crippen LogP contribution in [0.25, 0.3) is 0 Å². The van der Waals surface area contributed by atoms with E-state index in [1.165, 1.54) is 11.1 Å². The highest BCUT2D eigenvalue weighted by molar-refractivity contribution is 6.51. The van der Waals surface area contributed by atoms with Gasteiger partial charge in [0, 0.05) is 11.8 Å². The van der Waals surface area contributed by atoms with Crippen LogP contribution in [-0.4, -0.2) is 11.4 Å². The maximum atomic E-state index is 6.46. The van der Waals surface area contributed by atoms with Crippen molar-refractivity contribution >= 4 is 23.2 Å². The van der Waals surface area contributed by atoms with E-state index in [4.69, 9.17) is 27.9 Å². The molecule has 1 aliphatic carbocycles. The largest absolute Gasteiger partial charge is 0.497 e. The van der Waals surface area contributed by atoms with Gasteiger partial charge in [0.1, 0.15) is 10.1 Å². The van der Waals surface area contributed by atoms with Crippen molar-refractivity contribution in [3.63, 3.8) is 0 Å². The molecule has 0 bridgehead atoms. The minimum atomic E-state index is -0.652. The minimum absolute atomic E-state index is 0.217. The molecule has 0 N–H and O–H groups in total. The molecule has 0 radical (unpaired) electrons. The third kappa shape index (κ3) is 2.53. The fraction of sp³-hybridized carbons (Fsp3) is 0.294. The second-order valence-electron chi connectivity index (χ2n) is 5.22. The number of halogens is 2. The molecule has 1 fully saturated rings. The summed E-state index contributed by atoms with van der Waals surface area (Å²) < 4.78 is 4.52. The first-order valence-corrected chi connectivity index (χ1v) is 7.44. The van der Waals surface area contributed by atoms with E-state index in [1.54, 1.807) is 7.11 Å². The van der Waals surface area contributed by atoms with Crippen molar-refractivity contribution in [3.8, 4) is 5.75 Å². The molecule has 2 atom stereocenters. The third-order valence-electron chi connectivity index (χ3n) is 3.98. The Morgan fingerprint density at radius 1 is 1.00 bits per heavy atom. The molecule has 1 aliphatic rings. The van der Waals surface area contributed by atoms with Crippen LogP contribution in [0.4, 0.5) is 0 Å². The number of hydrogen-bond donors (Lipinski definition) is 0. The fourth-order valence-corrected chi connectivity index (χ4v) is 3.61. The lowest BCUT2D eigenvalue weighted by atomic mass is 10.0. The maximum absolute atomic E-state index is 6.46. The van der Waals surface area contributed by atoms with Crippen LogP contribution in [0.3, 0.4) is 0 Å². The number of hydrogen-bond acceptors (Lipinski definition) is 1. The molecule has 2 unspecified atom stereocenters. The van der Waals surface area contributed by atoms with Crippen LogP contribution in [0.1, 0.15) is 17.0 Å². The van der Waals surface area contributed by atoms with Crippen LogP contribution in [0, 0.1) is 5.92 Å². The Balaban J connectivity index is 1.74. The van der Waals surface area contributed by atoms with Crippen LogP contribution in [-0.2, 0) is 6.42 Å². The Labute approximate surface area is 129 Å². The minimum Gasteiger partial charge on any atom is -0.497 e. The predicted molar refractivity (Wildman–Crippen MR) is 83.8 cm³/mol. The molecule has 20 heavy (non-hydrogen) atoms. The van der Waals surface area contributed by atoms with Gasteiger partial charge in [-0.2, -0.15) is 0 Å². The number of rotatable bonds is 4. The first kappa shape index (κ1) is 13.8. The molecule has 2 aromatic carbocycles. The van der Waals surface area contributed by atoms with Crippen molar-refractivity contribution in [1.82, 2.24) is 0 Å². The lowest BCUT2D eigenvalue weighted by Crippen LogP contribution is -1.95. The molecule has 3 heteroatoms. The highest BCUT2D eigenvalue weighted by atomic mass is 35.5. The first-order chi connectivity index (χ1) is 9.63. The van der Waals surface area contributed by atoms with E-state index in [1.807, 2.05) is 30.3 Å². The molecule has 0 saturated heterocycles. The van der Waals surface area contributed by atoms with Gasteiger partial charge in [0.2, 0.25) is 0 Å². The third-order valence-corrected chi connectivity index (χ3v) is 5.01. The summed E-state index contributed by atoms with van der Waals surface area (Å²) in [5.74, 6) is 1.35. The summed E-state index contributed by atoms with van der Waals surface area (Å²) in [5.41, 5.74) is 2.45. The zero-order chi connectivity index (χ0) is 14.2. The van der Waals surface area contributed by atoms with Gasteiger partial charge in [0.05, 0.1) is 7.11 Å². The van der Waals surface area contributed by atoms with Crippen molar-refractivity contribution in [2.75, 3.05) is 7.11 Å². The molecule has 2 aromatic rings. The molecule has 0 heterocycles. The highest BCUT2D eigenvalue weighted by Crippen LogP contribution is 2.65. The van der Waals surface area contributed by atoms with Crippen LogP contribution in [0.2, 0.25) is 0 Å². The number of methoxy groups -OCH3 is 1. The average Bonchev–Trinajstić information content (AvgIpc) is 3.01. The van der Waals surface area contributed by atoms with Gasteiger partial charge in [-0.3, -0.25) is 0 Å². The Morgan fingerprint density at radius 3 is 2.25 bits per heavy atom. The van der Waals surface area contributed by atoms with E-state index in [0.717, 1.165) is 12.2 Å². The summed E-state index contributed by atoms with van der Waals surface area (Å²) in [6, 6.07) is 18.3. The SMILES string of the molecule is COc1ccc(CC2C(c3ccccc3)C2(Cl)Cl)cc1. The monoisotopic (exact) mass is 306 g/mol. The molecule has 1 saturated carbocycles. The molecule has 3 rings (SSSR count). The summed E-state index contributed by atoms with van der Waals surface area (Å²) >= 11 is 12.9. The van der Waals surface area contributed by atoms with E-state index in [0.29, 0.717) is 0 Å². The average molecular weight is 307 g/mol. The van der Waals surface area contributed by atoms with E-state index in [2.05, 4.69) is 24.3 Å². The van der Waals surface area contributed by atoms with Crippen LogP contribution in [0.15, 0.2) is 54.6 Å². The second-order valence-corrected chi connectivity index (χ2v) is 6.67. The summed E-state index contributed by atoms with van der Waals surface area (Å²) in [6.07, 6.45) is 0.885. The van der Waals surface area contributed by atoms with E-state index in [-0.39, 0.29) is 11.8 Å². The number of benzene rings is 2. The normalized spacial score (nSPS) is 23.4. The standard InChI is InChI=1S/C17H16Cl2O/c1-20-14-9-7-12(8-10-14)11-15-16(17(15,18)19)13-5-3-2-4-6-13/h2-10,15-16H,11H2,1H3. The lowest BCUT2D eigenvalue weighted by molar-refractivity contribution is 0.414. The Bertz CT molecular complexity index is 578. The fourth-order valence-electron chi connectivity index (χ4n) is 2.77. The van der Waals surface area contributed by atoms with Crippen LogP contribution in [0.5, 0.6) is 5.75 Å². The quantitative estimate of drug-likeness (QED) is 0.735. The van der Waals surface area contributed by atoms with Gasteiger partial charge in [0.25, 0.3) is 0 Å². The zero-order valence-corrected chi connectivity index (χ0v) is 12.7. The van der Waals surface area contributed by atoms with Crippen molar-refractivity contribution < 1.29 is 4.74 Å². The van der Waals surface area contributed by atoms with Gasteiger partial charge in [-0.15, -0.1) is 23.2 Å². The molecule has 0 amide bonds. The van der Waals surface area contributed by atoms with Gasteiger partial charge in [-0.25, -0.2) is 0 Å². The Kier molecular flexibility index (Phi) is 3.66.